The van der Waals surface area contributed by atoms with Crippen molar-refractivity contribution in [2.24, 2.45) is 0 Å². The molecule has 0 aliphatic carbocycles. The molecule has 1 N–H and O–H groups in total. The third-order valence-electron chi connectivity index (χ3n) is 0.830. The van der Waals surface area contributed by atoms with Crippen LogP contribution in [-0.2, 0) is 0 Å². The van der Waals surface area contributed by atoms with Crippen molar-refractivity contribution in [1.82, 2.24) is 4.98 Å². The average molecular weight is 253 g/mol. The van der Waals surface area contributed by atoms with Crippen LogP contribution in [0.3, 0.4) is 0 Å². The fourth-order valence-electron chi connectivity index (χ4n) is 0.407. The summed E-state index contributed by atoms with van der Waals surface area (Å²) in [4.78, 5) is 3.78. The molecule has 0 radical (unpaired) electrons. The number of rotatable bonds is 0. The lowest BCUT2D eigenvalue weighted by Gasteiger charge is -1.95. The Kier molecular flexibility index (Phi) is 2.08. The molecule has 0 bridgehead atoms. The maximum Gasteiger partial charge on any atom is 0.162 e. The van der Waals surface area contributed by atoms with E-state index in [0.29, 0.717) is 9.08 Å². The first-order chi connectivity index (χ1) is 4.22. The van der Waals surface area contributed by atoms with Crippen molar-refractivity contribution in [2.45, 2.75) is 0 Å². The topological polar surface area (TPSA) is 33.1 Å². The van der Waals surface area contributed by atoms with Crippen LogP contribution in [0.15, 0.2) is 21.3 Å². The van der Waals surface area contributed by atoms with Crippen molar-refractivity contribution in [2.75, 3.05) is 0 Å². The number of nitrogens with zero attached hydrogens (tertiary/aromatic N) is 1. The highest BCUT2D eigenvalue weighted by molar-refractivity contribution is 9.11. The molecule has 0 spiro atoms. The van der Waals surface area contributed by atoms with Gasteiger partial charge in [-0.2, -0.15) is 0 Å². The van der Waals surface area contributed by atoms with Gasteiger partial charge in [-0.05, 0) is 37.9 Å². The monoisotopic (exact) mass is 251 g/mol. The van der Waals surface area contributed by atoms with Gasteiger partial charge < -0.3 is 5.11 Å². The van der Waals surface area contributed by atoms with E-state index in [1.54, 1.807) is 12.3 Å². The summed E-state index contributed by atoms with van der Waals surface area (Å²) >= 11 is 6.18. The van der Waals surface area contributed by atoms with Crippen molar-refractivity contribution in [3.63, 3.8) is 0 Å². The molecule has 48 valence electrons. The molecule has 1 rings (SSSR count). The van der Waals surface area contributed by atoms with Gasteiger partial charge in [0.2, 0.25) is 0 Å². The van der Waals surface area contributed by atoms with Gasteiger partial charge >= 0.3 is 0 Å². The zero-order chi connectivity index (χ0) is 6.85. The van der Waals surface area contributed by atoms with E-state index in [1.807, 2.05) is 0 Å². The highest BCUT2D eigenvalue weighted by Crippen LogP contribution is 2.28. The van der Waals surface area contributed by atoms with E-state index in [1.165, 1.54) is 0 Å². The minimum atomic E-state index is 0.137. The van der Waals surface area contributed by atoms with E-state index in [9.17, 15) is 0 Å². The Morgan fingerprint density at radius 3 is 2.56 bits per heavy atom. The molecule has 0 saturated carbocycles. The van der Waals surface area contributed by atoms with Crippen molar-refractivity contribution < 1.29 is 5.11 Å². The van der Waals surface area contributed by atoms with Crippen LogP contribution >= 0.6 is 31.9 Å². The summed E-state index contributed by atoms with van der Waals surface area (Å²) in [6, 6.07) is 1.67. The highest BCUT2D eigenvalue weighted by atomic mass is 79.9. The Bertz CT molecular complexity index is 206. The molecule has 1 heterocycles. The minimum Gasteiger partial charge on any atom is -0.504 e. The van der Waals surface area contributed by atoms with Gasteiger partial charge in [0.25, 0.3) is 0 Å². The molecule has 0 aliphatic rings. The van der Waals surface area contributed by atoms with Gasteiger partial charge in [-0.15, -0.1) is 0 Å². The summed E-state index contributed by atoms with van der Waals surface area (Å²) in [6.07, 6.45) is 1.59. The summed E-state index contributed by atoms with van der Waals surface area (Å²) in [7, 11) is 0. The molecule has 0 unspecified atom stereocenters. The zero-order valence-electron chi connectivity index (χ0n) is 4.31. The summed E-state index contributed by atoms with van der Waals surface area (Å²) in [6.45, 7) is 0. The molecule has 0 fully saturated rings. The molecule has 0 amide bonds. The fourth-order valence-corrected chi connectivity index (χ4v) is 1.31. The van der Waals surface area contributed by atoms with Crippen molar-refractivity contribution in [1.29, 1.82) is 0 Å². The van der Waals surface area contributed by atoms with E-state index < -0.39 is 0 Å². The Labute approximate surface area is 69.2 Å². The van der Waals surface area contributed by atoms with Gasteiger partial charge in [0.05, 0.1) is 4.47 Å². The molecular formula is C5H3Br2NO. The number of aromatic nitrogens is 1. The lowest BCUT2D eigenvalue weighted by atomic mass is 10.5. The van der Waals surface area contributed by atoms with Gasteiger partial charge in [-0.25, -0.2) is 4.98 Å². The summed E-state index contributed by atoms with van der Waals surface area (Å²) < 4.78 is 1.10. The number of hydrogen-bond donors (Lipinski definition) is 1. The molecule has 1 aromatic heterocycles. The minimum absolute atomic E-state index is 0.137. The Balaban J connectivity index is 3.25. The summed E-state index contributed by atoms with van der Waals surface area (Å²) in [5, 5.41) is 9.05. The molecule has 1 aromatic rings. The summed E-state index contributed by atoms with van der Waals surface area (Å²) in [5.41, 5.74) is 0. The maximum atomic E-state index is 9.05. The van der Waals surface area contributed by atoms with Crippen LogP contribution in [0.5, 0.6) is 5.75 Å². The van der Waals surface area contributed by atoms with E-state index in [4.69, 9.17) is 5.11 Å². The van der Waals surface area contributed by atoms with E-state index in [0.717, 1.165) is 0 Å². The van der Waals surface area contributed by atoms with Crippen molar-refractivity contribution >= 4 is 31.9 Å². The number of halogens is 2. The Morgan fingerprint density at radius 2 is 2.11 bits per heavy atom. The van der Waals surface area contributed by atoms with Crippen LogP contribution in [-0.4, -0.2) is 10.1 Å². The first kappa shape index (κ1) is 7.02. The summed E-state index contributed by atoms with van der Waals surface area (Å²) in [5.74, 6) is 0.137. The van der Waals surface area contributed by atoms with E-state index in [2.05, 4.69) is 36.8 Å². The average Bonchev–Trinajstić information content (AvgIpc) is 1.83. The van der Waals surface area contributed by atoms with Crippen LogP contribution in [0, 0.1) is 0 Å². The second-order valence-corrected chi connectivity index (χ2v) is 3.04. The van der Waals surface area contributed by atoms with Crippen molar-refractivity contribution in [3.05, 3.63) is 21.3 Å². The Hall–Kier alpha value is -0.0900. The van der Waals surface area contributed by atoms with Gasteiger partial charge in [-0.3, -0.25) is 0 Å². The SMILES string of the molecule is Oc1c(Br)ccnc1Br. The highest BCUT2D eigenvalue weighted by Gasteiger charge is 2.00. The quantitative estimate of drug-likeness (QED) is 0.719. The van der Waals surface area contributed by atoms with Crippen LogP contribution in [0.1, 0.15) is 0 Å². The largest absolute Gasteiger partial charge is 0.504 e. The van der Waals surface area contributed by atoms with E-state index in [-0.39, 0.29) is 5.75 Å². The number of pyridine rings is 1. The van der Waals surface area contributed by atoms with Gasteiger partial charge in [0.1, 0.15) is 4.60 Å². The number of aromatic hydroxyl groups is 1. The molecule has 0 saturated heterocycles. The van der Waals surface area contributed by atoms with Gasteiger partial charge in [0.15, 0.2) is 5.75 Å². The Morgan fingerprint density at radius 1 is 1.44 bits per heavy atom. The third kappa shape index (κ3) is 1.43. The van der Waals surface area contributed by atoms with Gasteiger partial charge in [-0.1, -0.05) is 0 Å². The zero-order valence-corrected chi connectivity index (χ0v) is 7.48. The first-order valence-electron chi connectivity index (χ1n) is 2.21. The smallest absolute Gasteiger partial charge is 0.162 e. The predicted octanol–water partition coefficient (Wildman–Crippen LogP) is 2.31. The molecule has 0 aromatic carbocycles. The molecular weight excluding hydrogens is 250 g/mol. The normalized spacial score (nSPS) is 9.56. The molecule has 0 aliphatic heterocycles. The van der Waals surface area contributed by atoms with Crippen LogP contribution in [0.2, 0.25) is 0 Å². The molecule has 2 nitrogen and oxygen atoms in total. The van der Waals surface area contributed by atoms with Crippen LogP contribution in [0.25, 0.3) is 0 Å². The van der Waals surface area contributed by atoms with Crippen LogP contribution < -0.4 is 0 Å². The van der Waals surface area contributed by atoms with Crippen LogP contribution in [0.4, 0.5) is 0 Å². The predicted molar refractivity (Wildman–Crippen MR) is 41.3 cm³/mol. The van der Waals surface area contributed by atoms with E-state index >= 15 is 0 Å². The standard InChI is InChI=1S/C5H3Br2NO/c6-3-1-2-8-5(7)4(3)9/h1-2,9H. The van der Waals surface area contributed by atoms with Gasteiger partial charge in [0, 0.05) is 6.20 Å². The second-order valence-electron chi connectivity index (χ2n) is 1.43. The lowest BCUT2D eigenvalue weighted by Crippen LogP contribution is -1.75. The second kappa shape index (κ2) is 2.66. The molecule has 4 heteroatoms. The third-order valence-corrected chi connectivity index (χ3v) is 2.05. The molecule has 0 atom stereocenters. The first-order valence-corrected chi connectivity index (χ1v) is 3.79. The maximum absolute atomic E-state index is 9.05. The lowest BCUT2D eigenvalue weighted by molar-refractivity contribution is 0.465. The van der Waals surface area contributed by atoms with Crippen molar-refractivity contribution in [3.8, 4) is 5.75 Å². The fraction of sp³-hybridized carbons (Fsp3) is 0. The number of hydrogen-bond acceptors (Lipinski definition) is 2. The molecule has 9 heavy (non-hydrogen) atoms.